The van der Waals surface area contributed by atoms with E-state index in [0.717, 1.165) is 12.2 Å². The van der Waals surface area contributed by atoms with Crippen molar-refractivity contribution in [3.63, 3.8) is 0 Å². The molecule has 0 aromatic carbocycles. The first-order valence-corrected chi connectivity index (χ1v) is 6.75. The van der Waals surface area contributed by atoms with Gasteiger partial charge in [-0.05, 0) is 28.3 Å². The number of carboxylic acids is 1. The van der Waals surface area contributed by atoms with Crippen LogP contribution < -0.4 is 0 Å². The van der Waals surface area contributed by atoms with Gasteiger partial charge in [-0.1, -0.05) is 17.8 Å². The molecule has 2 aromatic heterocycles. The number of aromatic nitrogens is 4. The van der Waals surface area contributed by atoms with Crippen LogP contribution >= 0.6 is 23.1 Å². The van der Waals surface area contributed by atoms with E-state index in [1.165, 1.54) is 21.3 Å². The number of carboxylic acid groups (broad SMARTS) is 1. The molecule has 0 fully saturated rings. The molecule has 17 heavy (non-hydrogen) atoms. The van der Waals surface area contributed by atoms with Crippen LogP contribution in [0.2, 0.25) is 0 Å². The van der Waals surface area contributed by atoms with E-state index in [2.05, 4.69) is 21.6 Å². The van der Waals surface area contributed by atoms with Crippen molar-refractivity contribution in [1.82, 2.24) is 20.2 Å². The number of aliphatic carboxylic acids is 1. The van der Waals surface area contributed by atoms with Crippen LogP contribution in [0.5, 0.6) is 0 Å². The minimum atomic E-state index is -0.947. The molecule has 0 saturated heterocycles. The van der Waals surface area contributed by atoms with Crippen molar-refractivity contribution in [1.29, 1.82) is 0 Å². The summed E-state index contributed by atoms with van der Waals surface area (Å²) >= 11 is 3.17. The molecule has 0 unspecified atom stereocenters. The van der Waals surface area contributed by atoms with E-state index in [1.54, 1.807) is 11.3 Å². The second kappa shape index (κ2) is 5.78. The van der Waals surface area contributed by atoms with Crippen LogP contribution in [-0.4, -0.2) is 37.0 Å². The van der Waals surface area contributed by atoms with Gasteiger partial charge in [0.2, 0.25) is 5.16 Å². The second-order valence-corrected chi connectivity index (χ2v) is 5.28. The molecule has 2 aromatic rings. The molecule has 90 valence electrons. The third-order valence-corrected chi connectivity index (χ3v) is 3.84. The first-order valence-electron chi connectivity index (χ1n) is 4.89. The van der Waals surface area contributed by atoms with Crippen molar-refractivity contribution in [3.8, 4) is 0 Å². The van der Waals surface area contributed by atoms with E-state index >= 15 is 0 Å². The van der Waals surface area contributed by atoms with E-state index in [-0.39, 0.29) is 6.54 Å². The lowest BCUT2D eigenvalue weighted by Gasteiger charge is -2.00. The molecular formula is C9H10N4O2S2. The van der Waals surface area contributed by atoms with Crippen LogP contribution in [0.25, 0.3) is 0 Å². The van der Waals surface area contributed by atoms with Crippen molar-refractivity contribution in [3.05, 3.63) is 22.4 Å². The minimum absolute atomic E-state index is 0.200. The van der Waals surface area contributed by atoms with E-state index < -0.39 is 5.97 Å². The van der Waals surface area contributed by atoms with E-state index in [9.17, 15) is 4.79 Å². The molecule has 0 amide bonds. The normalized spacial score (nSPS) is 10.6. The van der Waals surface area contributed by atoms with Gasteiger partial charge in [-0.3, -0.25) is 4.79 Å². The fourth-order valence-corrected chi connectivity index (χ4v) is 2.91. The lowest BCUT2D eigenvalue weighted by Crippen LogP contribution is -2.11. The predicted octanol–water partition coefficient (Wildman–Crippen LogP) is 1.15. The van der Waals surface area contributed by atoms with Crippen molar-refractivity contribution in [2.24, 2.45) is 0 Å². The summed E-state index contributed by atoms with van der Waals surface area (Å²) < 4.78 is 1.29. The quantitative estimate of drug-likeness (QED) is 0.793. The molecule has 1 N–H and O–H groups in total. The average molecular weight is 270 g/mol. The fraction of sp³-hybridized carbons (Fsp3) is 0.333. The maximum absolute atomic E-state index is 10.6. The zero-order chi connectivity index (χ0) is 12.1. The van der Waals surface area contributed by atoms with Gasteiger partial charge in [0.05, 0.1) is 0 Å². The van der Waals surface area contributed by atoms with Crippen molar-refractivity contribution in [2.45, 2.75) is 18.1 Å². The number of carbonyl (C=O) groups is 1. The van der Waals surface area contributed by atoms with Gasteiger partial charge in [-0.15, -0.1) is 16.4 Å². The van der Waals surface area contributed by atoms with Crippen LogP contribution in [0, 0.1) is 0 Å². The minimum Gasteiger partial charge on any atom is -0.480 e. The van der Waals surface area contributed by atoms with Gasteiger partial charge in [0, 0.05) is 10.6 Å². The number of hydrogen-bond acceptors (Lipinski definition) is 6. The number of nitrogens with zero attached hydrogens (tertiary/aromatic N) is 4. The first-order chi connectivity index (χ1) is 8.25. The van der Waals surface area contributed by atoms with Gasteiger partial charge in [0.1, 0.15) is 6.54 Å². The number of hydrogen-bond donors (Lipinski definition) is 1. The monoisotopic (exact) mass is 270 g/mol. The molecule has 0 radical (unpaired) electrons. The van der Waals surface area contributed by atoms with Gasteiger partial charge in [0.25, 0.3) is 0 Å². The summed E-state index contributed by atoms with van der Waals surface area (Å²) in [5.74, 6) is -0.113. The highest BCUT2D eigenvalue weighted by molar-refractivity contribution is 7.99. The zero-order valence-corrected chi connectivity index (χ0v) is 10.4. The highest BCUT2D eigenvalue weighted by Gasteiger charge is 2.09. The average Bonchev–Trinajstić information content (AvgIpc) is 2.90. The molecule has 2 rings (SSSR count). The number of thiophene rings is 1. The summed E-state index contributed by atoms with van der Waals surface area (Å²) in [7, 11) is 0. The predicted molar refractivity (Wildman–Crippen MR) is 64.2 cm³/mol. The zero-order valence-electron chi connectivity index (χ0n) is 8.81. The lowest BCUT2D eigenvalue weighted by atomic mass is 10.4. The highest BCUT2D eigenvalue weighted by atomic mass is 32.2. The number of tetrazole rings is 1. The van der Waals surface area contributed by atoms with Gasteiger partial charge in [-0.25, -0.2) is 4.68 Å². The first kappa shape index (κ1) is 12.1. The molecular weight excluding hydrogens is 260 g/mol. The molecule has 0 saturated carbocycles. The standard InChI is InChI=1S/C9H10N4O2S2/c14-8(15)6-13-9(10-11-12-13)17-5-3-7-2-1-4-16-7/h1-2,4H,3,5-6H2,(H,14,15). The van der Waals surface area contributed by atoms with Crippen LogP contribution in [0.1, 0.15) is 4.88 Å². The molecule has 2 heterocycles. The second-order valence-electron chi connectivity index (χ2n) is 3.19. The van der Waals surface area contributed by atoms with Gasteiger partial charge in [-0.2, -0.15) is 0 Å². The molecule has 8 heteroatoms. The van der Waals surface area contributed by atoms with E-state index in [0.29, 0.717) is 5.16 Å². The number of rotatable bonds is 6. The Morgan fingerprint density at radius 3 is 3.18 bits per heavy atom. The Balaban J connectivity index is 1.86. The SMILES string of the molecule is O=C(O)Cn1nnnc1SCCc1cccs1. The molecule has 0 bridgehead atoms. The summed E-state index contributed by atoms with van der Waals surface area (Å²) in [4.78, 5) is 11.9. The van der Waals surface area contributed by atoms with Crippen LogP contribution in [0.15, 0.2) is 22.7 Å². The van der Waals surface area contributed by atoms with Gasteiger partial charge < -0.3 is 5.11 Å². The third-order valence-electron chi connectivity index (χ3n) is 1.94. The third kappa shape index (κ3) is 3.53. The van der Waals surface area contributed by atoms with Gasteiger partial charge in [0.15, 0.2) is 0 Å². The Hall–Kier alpha value is -1.41. The maximum atomic E-state index is 10.6. The summed E-state index contributed by atoms with van der Waals surface area (Å²) in [6.45, 7) is -0.200. The lowest BCUT2D eigenvalue weighted by molar-refractivity contribution is -0.138. The van der Waals surface area contributed by atoms with Gasteiger partial charge >= 0.3 is 5.97 Å². The molecule has 6 nitrogen and oxygen atoms in total. The Bertz CT molecular complexity index is 483. The molecule has 0 aliphatic heterocycles. The Morgan fingerprint density at radius 1 is 1.59 bits per heavy atom. The highest BCUT2D eigenvalue weighted by Crippen LogP contribution is 2.17. The van der Waals surface area contributed by atoms with Crippen LogP contribution in [0.4, 0.5) is 0 Å². The molecule has 0 spiro atoms. The summed E-state index contributed by atoms with van der Waals surface area (Å²) in [6.07, 6.45) is 0.933. The summed E-state index contributed by atoms with van der Waals surface area (Å²) in [6, 6.07) is 4.09. The molecule has 0 aliphatic rings. The smallest absolute Gasteiger partial charge is 0.325 e. The topological polar surface area (TPSA) is 80.9 Å². The van der Waals surface area contributed by atoms with Crippen molar-refractivity contribution >= 4 is 29.1 Å². The number of thioether (sulfide) groups is 1. The Morgan fingerprint density at radius 2 is 2.47 bits per heavy atom. The fourth-order valence-electron chi connectivity index (χ4n) is 1.22. The molecule has 0 atom stereocenters. The van der Waals surface area contributed by atoms with Crippen LogP contribution in [-0.2, 0) is 17.8 Å². The largest absolute Gasteiger partial charge is 0.480 e. The van der Waals surface area contributed by atoms with E-state index in [1.807, 2.05) is 11.4 Å². The molecule has 0 aliphatic carbocycles. The van der Waals surface area contributed by atoms with Crippen molar-refractivity contribution in [2.75, 3.05) is 5.75 Å². The maximum Gasteiger partial charge on any atom is 0.325 e. The van der Waals surface area contributed by atoms with Crippen molar-refractivity contribution < 1.29 is 9.90 Å². The summed E-state index contributed by atoms with van der Waals surface area (Å²) in [5, 5.41) is 22.1. The van der Waals surface area contributed by atoms with E-state index in [4.69, 9.17) is 5.11 Å². The van der Waals surface area contributed by atoms with Crippen LogP contribution in [0.3, 0.4) is 0 Å². The summed E-state index contributed by atoms with van der Waals surface area (Å²) in [5.41, 5.74) is 0. The Kier molecular flexibility index (Phi) is 4.10. The number of aryl methyl sites for hydroxylation is 1. The Labute approximate surface area is 106 Å².